The van der Waals surface area contributed by atoms with Gasteiger partial charge in [0, 0.05) is 13.2 Å². The van der Waals surface area contributed by atoms with Crippen LogP contribution in [0.15, 0.2) is 0 Å². The van der Waals surface area contributed by atoms with Crippen molar-refractivity contribution in [3.8, 4) is 6.07 Å². The van der Waals surface area contributed by atoms with E-state index in [1.165, 1.54) is 6.42 Å². The van der Waals surface area contributed by atoms with Gasteiger partial charge in [0.25, 0.3) is 0 Å². The van der Waals surface area contributed by atoms with E-state index in [0.29, 0.717) is 0 Å². The third-order valence-corrected chi connectivity index (χ3v) is 2.85. The van der Waals surface area contributed by atoms with Crippen molar-refractivity contribution in [2.45, 2.75) is 58.9 Å². The van der Waals surface area contributed by atoms with Crippen molar-refractivity contribution in [3.05, 3.63) is 0 Å². The lowest BCUT2D eigenvalue weighted by atomic mass is 9.98. The van der Waals surface area contributed by atoms with Crippen LogP contribution in [0.3, 0.4) is 0 Å². The van der Waals surface area contributed by atoms with Crippen LogP contribution in [-0.2, 0) is 4.74 Å². The molecule has 0 saturated carbocycles. The Morgan fingerprint density at radius 2 is 1.94 bits per heavy atom. The summed E-state index contributed by atoms with van der Waals surface area (Å²) in [7, 11) is 0. The van der Waals surface area contributed by atoms with Crippen LogP contribution >= 0.6 is 0 Å². The number of nitrogens with zero attached hydrogens (tertiary/aromatic N) is 1. The number of rotatable bonds is 10. The zero-order valence-corrected chi connectivity index (χ0v) is 11.9. The van der Waals surface area contributed by atoms with Crippen LogP contribution in [-0.4, -0.2) is 25.3 Å². The molecule has 1 N–H and O–H groups in total. The third kappa shape index (κ3) is 9.14. The van der Waals surface area contributed by atoms with E-state index in [4.69, 9.17) is 10.00 Å². The molecule has 100 valence electrons. The van der Waals surface area contributed by atoms with Crippen LogP contribution in [0.1, 0.15) is 53.4 Å². The van der Waals surface area contributed by atoms with Gasteiger partial charge in [-0.3, -0.25) is 5.32 Å². The van der Waals surface area contributed by atoms with E-state index in [0.717, 1.165) is 44.9 Å². The van der Waals surface area contributed by atoms with Crippen LogP contribution in [0, 0.1) is 17.2 Å². The lowest BCUT2D eigenvalue weighted by Crippen LogP contribution is -2.40. The molecule has 0 heterocycles. The van der Waals surface area contributed by atoms with Gasteiger partial charge in [0.15, 0.2) is 0 Å². The Hall–Kier alpha value is -0.590. The molecule has 0 spiro atoms. The lowest BCUT2D eigenvalue weighted by molar-refractivity contribution is 0.120. The summed E-state index contributed by atoms with van der Waals surface area (Å²) in [4.78, 5) is 0. The largest absolute Gasteiger partial charge is 0.381 e. The van der Waals surface area contributed by atoms with Crippen LogP contribution in [0.2, 0.25) is 0 Å². The summed E-state index contributed by atoms with van der Waals surface area (Å²) in [6, 6.07) is 2.33. The average Bonchev–Trinajstić information content (AvgIpc) is 2.28. The SMILES string of the molecule is CCNC(C)(C#N)CCCOCCCC(C)C. The highest BCUT2D eigenvalue weighted by Gasteiger charge is 2.21. The summed E-state index contributed by atoms with van der Waals surface area (Å²) in [5, 5.41) is 12.3. The van der Waals surface area contributed by atoms with E-state index in [-0.39, 0.29) is 0 Å². The Morgan fingerprint density at radius 3 is 2.47 bits per heavy atom. The van der Waals surface area contributed by atoms with Gasteiger partial charge in [0.2, 0.25) is 0 Å². The molecule has 0 bridgehead atoms. The first kappa shape index (κ1) is 16.4. The Morgan fingerprint density at radius 1 is 1.29 bits per heavy atom. The van der Waals surface area contributed by atoms with Crippen molar-refractivity contribution in [2.24, 2.45) is 5.92 Å². The molecule has 0 saturated heterocycles. The molecule has 17 heavy (non-hydrogen) atoms. The van der Waals surface area contributed by atoms with E-state index in [1.54, 1.807) is 0 Å². The second kappa shape index (κ2) is 9.44. The number of ether oxygens (including phenoxy) is 1. The first-order valence-electron chi connectivity index (χ1n) is 6.78. The molecular formula is C14H28N2O. The zero-order valence-electron chi connectivity index (χ0n) is 11.9. The summed E-state index contributed by atoms with van der Waals surface area (Å²) in [6.07, 6.45) is 4.16. The minimum Gasteiger partial charge on any atom is -0.381 e. The van der Waals surface area contributed by atoms with Crippen LogP contribution in [0.4, 0.5) is 0 Å². The van der Waals surface area contributed by atoms with Crippen LogP contribution in [0.25, 0.3) is 0 Å². The average molecular weight is 240 g/mol. The second-order valence-electron chi connectivity index (χ2n) is 5.23. The van der Waals surface area contributed by atoms with Gasteiger partial charge in [-0.1, -0.05) is 20.8 Å². The standard InChI is InChI=1S/C14H28N2O/c1-5-16-14(4,12-15)9-7-11-17-10-6-8-13(2)3/h13,16H,5-11H2,1-4H3. The molecule has 0 aromatic carbocycles. The van der Waals surface area contributed by atoms with E-state index in [9.17, 15) is 0 Å². The molecule has 3 nitrogen and oxygen atoms in total. The number of hydrogen-bond acceptors (Lipinski definition) is 3. The predicted molar refractivity (Wildman–Crippen MR) is 71.8 cm³/mol. The third-order valence-electron chi connectivity index (χ3n) is 2.85. The maximum absolute atomic E-state index is 9.06. The summed E-state index contributed by atoms with van der Waals surface area (Å²) < 4.78 is 5.56. The van der Waals surface area contributed by atoms with E-state index in [2.05, 4.69) is 25.2 Å². The molecule has 0 aliphatic carbocycles. The maximum Gasteiger partial charge on any atom is 0.104 e. The minimum atomic E-state index is -0.393. The summed E-state index contributed by atoms with van der Waals surface area (Å²) >= 11 is 0. The quantitative estimate of drug-likeness (QED) is 0.597. The number of nitrogens with one attached hydrogen (secondary N) is 1. The molecule has 0 aromatic heterocycles. The molecule has 0 amide bonds. The van der Waals surface area contributed by atoms with Gasteiger partial charge in [-0.05, 0) is 45.1 Å². The fourth-order valence-corrected chi connectivity index (χ4v) is 1.80. The lowest BCUT2D eigenvalue weighted by Gasteiger charge is -2.22. The van der Waals surface area contributed by atoms with Crippen molar-refractivity contribution in [1.82, 2.24) is 5.32 Å². The molecule has 0 rings (SSSR count). The first-order valence-corrected chi connectivity index (χ1v) is 6.78. The number of hydrogen-bond donors (Lipinski definition) is 1. The van der Waals surface area contributed by atoms with Crippen LogP contribution < -0.4 is 5.32 Å². The molecule has 0 aliphatic heterocycles. The van der Waals surface area contributed by atoms with E-state index < -0.39 is 5.54 Å². The molecule has 0 aromatic rings. The summed E-state index contributed by atoms with van der Waals surface area (Å²) in [5.74, 6) is 0.759. The summed E-state index contributed by atoms with van der Waals surface area (Å²) in [6.45, 7) is 10.9. The van der Waals surface area contributed by atoms with E-state index in [1.807, 2.05) is 13.8 Å². The van der Waals surface area contributed by atoms with Crippen molar-refractivity contribution in [1.29, 1.82) is 5.26 Å². The highest BCUT2D eigenvalue weighted by atomic mass is 16.5. The summed E-state index contributed by atoms with van der Waals surface area (Å²) in [5.41, 5.74) is -0.393. The van der Waals surface area contributed by atoms with Gasteiger partial charge < -0.3 is 4.74 Å². The highest BCUT2D eigenvalue weighted by molar-refractivity contribution is 5.03. The fourth-order valence-electron chi connectivity index (χ4n) is 1.80. The van der Waals surface area contributed by atoms with Gasteiger partial charge in [0.1, 0.15) is 5.54 Å². The van der Waals surface area contributed by atoms with E-state index >= 15 is 0 Å². The molecule has 0 fully saturated rings. The van der Waals surface area contributed by atoms with Gasteiger partial charge in [-0.2, -0.15) is 5.26 Å². The molecule has 1 unspecified atom stereocenters. The predicted octanol–water partition coefficient (Wildman–Crippen LogP) is 3.11. The number of nitriles is 1. The van der Waals surface area contributed by atoms with Crippen molar-refractivity contribution >= 4 is 0 Å². The Balaban J connectivity index is 3.47. The van der Waals surface area contributed by atoms with Gasteiger partial charge >= 0.3 is 0 Å². The molecule has 0 radical (unpaired) electrons. The normalized spacial score (nSPS) is 14.6. The first-order chi connectivity index (χ1) is 8.04. The topological polar surface area (TPSA) is 45.0 Å². The second-order valence-corrected chi connectivity index (χ2v) is 5.23. The maximum atomic E-state index is 9.06. The van der Waals surface area contributed by atoms with Gasteiger partial charge in [-0.15, -0.1) is 0 Å². The highest BCUT2D eigenvalue weighted by Crippen LogP contribution is 2.11. The van der Waals surface area contributed by atoms with Gasteiger partial charge in [-0.25, -0.2) is 0 Å². The van der Waals surface area contributed by atoms with Crippen molar-refractivity contribution in [2.75, 3.05) is 19.8 Å². The molecule has 3 heteroatoms. The minimum absolute atomic E-state index is 0.393. The Kier molecular flexibility index (Phi) is 9.11. The monoisotopic (exact) mass is 240 g/mol. The van der Waals surface area contributed by atoms with Crippen molar-refractivity contribution < 1.29 is 4.74 Å². The molecular weight excluding hydrogens is 212 g/mol. The fraction of sp³-hybridized carbons (Fsp3) is 0.929. The zero-order chi connectivity index (χ0) is 13.1. The van der Waals surface area contributed by atoms with Crippen molar-refractivity contribution in [3.63, 3.8) is 0 Å². The Labute approximate surface area is 107 Å². The van der Waals surface area contributed by atoms with Crippen LogP contribution in [0.5, 0.6) is 0 Å². The van der Waals surface area contributed by atoms with Gasteiger partial charge in [0.05, 0.1) is 6.07 Å². The molecule has 0 aliphatic rings. The smallest absolute Gasteiger partial charge is 0.104 e. The Bertz CT molecular complexity index is 223. The molecule has 1 atom stereocenters.